The molecule has 1 aromatic rings. The van der Waals surface area contributed by atoms with Crippen LogP contribution in [0.25, 0.3) is 0 Å². The number of hydrogen-bond acceptors (Lipinski definition) is 1. The van der Waals surface area contributed by atoms with Gasteiger partial charge in [0.25, 0.3) is 0 Å². The smallest absolute Gasteiger partial charge is 0.232 e. The van der Waals surface area contributed by atoms with Crippen LogP contribution in [0.5, 0.6) is 0 Å². The average Bonchev–Trinajstić information content (AvgIpc) is 2.44. The van der Waals surface area contributed by atoms with Crippen LogP contribution in [0, 0.1) is 0 Å². The van der Waals surface area contributed by atoms with Crippen molar-refractivity contribution < 1.29 is 4.79 Å². The van der Waals surface area contributed by atoms with Gasteiger partial charge in [-0.3, -0.25) is 4.79 Å². The van der Waals surface area contributed by atoms with Crippen LogP contribution in [-0.2, 0) is 4.79 Å². The molecule has 68 valence electrons. The summed E-state index contributed by atoms with van der Waals surface area (Å²) in [6.45, 7) is 0. The van der Waals surface area contributed by atoms with Crippen molar-refractivity contribution in [1.29, 1.82) is 0 Å². The molecular weight excluding hydrogens is 230 g/mol. The Kier molecular flexibility index (Phi) is 2.36. The topological polar surface area (TPSA) is 29.1 Å². The molecule has 0 saturated carbocycles. The van der Waals surface area contributed by atoms with Gasteiger partial charge in [-0.15, -0.1) is 0 Å². The molecule has 3 heteroatoms. The van der Waals surface area contributed by atoms with Gasteiger partial charge in [-0.05, 0) is 18.1 Å². The molecule has 1 aliphatic heterocycles. The first-order chi connectivity index (χ1) is 6.33. The molecule has 0 aliphatic carbocycles. The molecule has 1 amide bonds. The van der Waals surface area contributed by atoms with E-state index in [9.17, 15) is 4.79 Å². The van der Waals surface area contributed by atoms with Gasteiger partial charge in [-0.2, -0.15) is 0 Å². The highest BCUT2D eigenvalue weighted by Crippen LogP contribution is 2.34. The van der Waals surface area contributed by atoms with E-state index in [0.717, 1.165) is 23.0 Å². The molecule has 0 saturated heterocycles. The Morgan fingerprint density at radius 3 is 2.92 bits per heavy atom. The second kappa shape index (κ2) is 3.50. The fourth-order valence-electron chi connectivity index (χ4n) is 1.67. The maximum atomic E-state index is 11.5. The number of rotatable bonds is 2. The predicted molar refractivity (Wildman–Crippen MR) is 56.2 cm³/mol. The van der Waals surface area contributed by atoms with Crippen LogP contribution in [0.2, 0.25) is 0 Å². The number of halogens is 1. The zero-order valence-corrected chi connectivity index (χ0v) is 8.67. The van der Waals surface area contributed by atoms with Crippen molar-refractivity contribution in [3.05, 3.63) is 29.8 Å². The van der Waals surface area contributed by atoms with Crippen molar-refractivity contribution in [1.82, 2.24) is 0 Å². The molecule has 2 rings (SSSR count). The molecule has 1 heterocycles. The van der Waals surface area contributed by atoms with Gasteiger partial charge in [0.05, 0.1) is 5.92 Å². The van der Waals surface area contributed by atoms with Crippen LogP contribution >= 0.6 is 15.9 Å². The first kappa shape index (κ1) is 8.75. The number of alkyl halides is 1. The van der Waals surface area contributed by atoms with E-state index in [-0.39, 0.29) is 11.8 Å². The number of amides is 1. The lowest BCUT2D eigenvalue weighted by molar-refractivity contribution is -0.117. The first-order valence-corrected chi connectivity index (χ1v) is 5.41. The maximum Gasteiger partial charge on any atom is 0.232 e. The Morgan fingerprint density at radius 1 is 1.38 bits per heavy atom. The molecule has 1 aliphatic rings. The molecular formula is C10H10BrNO. The maximum absolute atomic E-state index is 11.5. The monoisotopic (exact) mass is 239 g/mol. The quantitative estimate of drug-likeness (QED) is 0.790. The summed E-state index contributed by atoms with van der Waals surface area (Å²) in [5, 5.41) is 3.73. The van der Waals surface area contributed by atoms with Crippen LogP contribution in [-0.4, -0.2) is 11.2 Å². The Balaban J connectivity index is 2.35. The van der Waals surface area contributed by atoms with E-state index in [1.165, 1.54) is 0 Å². The molecule has 0 fully saturated rings. The number of benzene rings is 1. The molecule has 0 radical (unpaired) electrons. The summed E-state index contributed by atoms with van der Waals surface area (Å²) in [5.74, 6) is 0.163. The number of para-hydroxylation sites is 1. The largest absolute Gasteiger partial charge is 0.325 e. The van der Waals surface area contributed by atoms with Crippen molar-refractivity contribution in [2.75, 3.05) is 10.6 Å². The summed E-state index contributed by atoms with van der Waals surface area (Å²) >= 11 is 3.36. The molecule has 0 spiro atoms. The fraction of sp³-hybridized carbons (Fsp3) is 0.300. The third-order valence-electron chi connectivity index (χ3n) is 2.31. The molecule has 0 unspecified atom stereocenters. The summed E-state index contributed by atoms with van der Waals surface area (Å²) in [4.78, 5) is 11.5. The lowest BCUT2D eigenvalue weighted by Crippen LogP contribution is -2.12. The van der Waals surface area contributed by atoms with Gasteiger partial charge in [0.15, 0.2) is 0 Å². The van der Waals surface area contributed by atoms with Gasteiger partial charge >= 0.3 is 0 Å². The lowest BCUT2D eigenvalue weighted by atomic mass is 9.98. The van der Waals surface area contributed by atoms with E-state index in [4.69, 9.17) is 0 Å². The minimum Gasteiger partial charge on any atom is -0.325 e. The van der Waals surface area contributed by atoms with E-state index in [1.54, 1.807) is 0 Å². The fourth-order valence-corrected chi connectivity index (χ4v) is 2.13. The molecule has 13 heavy (non-hydrogen) atoms. The van der Waals surface area contributed by atoms with Gasteiger partial charge in [0, 0.05) is 11.0 Å². The highest BCUT2D eigenvalue weighted by atomic mass is 79.9. The molecule has 2 nitrogen and oxygen atoms in total. The predicted octanol–water partition coefficient (Wildman–Crippen LogP) is 2.51. The average molecular weight is 240 g/mol. The zero-order chi connectivity index (χ0) is 9.26. The molecule has 1 atom stereocenters. The van der Waals surface area contributed by atoms with E-state index < -0.39 is 0 Å². The summed E-state index contributed by atoms with van der Waals surface area (Å²) < 4.78 is 0. The van der Waals surface area contributed by atoms with Crippen molar-refractivity contribution >= 4 is 27.5 Å². The van der Waals surface area contributed by atoms with Crippen molar-refractivity contribution in [2.24, 2.45) is 0 Å². The third kappa shape index (κ3) is 1.48. The SMILES string of the molecule is O=C1Nc2ccccc2[C@H]1CCBr. The van der Waals surface area contributed by atoms with Crippen LogP contribution in [0.4, 0.5) is 5.69 Å². The first-order valence-electron chi connectivity index (χ1n) is 4.28. The van der Waals surface area contributed by atoms with Crippen LogP contribution in [0.15, 0.2) is 24.3 Å². The van der Waals surface area contributed by atoms with Crippen LogP contribution in [0.3, 0.4) is 0 Å². The van der Waals surface area contributed by atoms with E-state index in [0.29, 0.717) is 0 Å². The third-order valence-corrected chi connectivity index (χ3v) is 2.77. The van der Waals surface area contributed by atoms with E-state index in [1.807, 2.05) is 24.3 Å². The number of carbonyl (C=O) groups excluding carboxylic acids is 1. The van der Waals surface area contributed by atoms with Gasteiger partial charge in [0.1, 0.15) is 0 Å². The van der Waals surface area contributed by atoms with E-state index >= 15 is 0 Å². The summed E-state index contributed by atoms with van der Waals surface area (Å²) in [6.07, 6.45) is 0.864. The van der Waals surface area contributed by atoms with E-state index in [2.05, 4.69) is 21.2 Å². The number of anilines is 1. The number of hydrogen-bond donors (Lipinski definition) is 1. The highest BCUT2D eigenvalue weighted by Gasteiger charge is 2.28. The standard InChI is InChI=1S/C10H10BrNO/c11-6-5-8-7-3-1-2-4-9(7)12-10(8)13/h1-4,8H,5-6H2,(H,12,13)/t8-/m1/s1. The zero-order valence-electron chi connectivity index (χ0n) is 7.09. The Bertz CT molecular complexity index is 337. The van der Waals surface area contributed by atoms with Crippen molar-refractivity contribution in [3.8, 4) is 0 Å². The Labute approximate surface area is 85.5 Å². The second-order valence-corrected chi connectivity index (χ2v) is 3.90. The number of nitrogens with one attached hydrogen (secondary N) is 1. The molecule has 0 aromatic heterocycles. The minimum atomic E-state index is 0.0376. The van der Waals surface area contributed by atoms with Crippen LogP contribution in [0.1, 0.15) is 17.9 Å². The summed E-state index contributed by atoms with van der Waals surface area (Å²) in [5.41, 5.74) is 2.10. The Morgan fingerprint density at radius 2 is 2.15 bits per heavy atom. The molecule has 1 aromatic carbocycles. The van der Waals surface area contributed by atoms with Crippen molar-refractivity contribution in [3.63, 3.8) is 0 Å². The Hall–Kier alpha value is -0.830. The minimum absolute atomic E-state index is 0.0376. The summed E-state index contributed by atoms with van der Waals surface area (Å²) in [6, 6.07) is 7.87. The van der Waals surface area contributed by atoms with Gasteiger partial charge in [-0.25, -0.2) is 0 Å². The molecule has 1 N–H and O–H groups in total. The number of carbonyl (C=O) groups is 1. The summed E-state index contributed by atoms with van der Waals surface area (Å²) in [7, 11) is 0. The highest BCUT2D eigenvalue weighted by molar-refractivity contribution is 9.09. The van der Waals surface area contributed by atoms with Crippen LogP contribution < -0.4 is 5.32 Å². The van der Waals surface area contributed by atoms with Gasteiger partial charge in [0.2, 0.25) is 5.91 Å². The molecule has 0 bridgehead atoms. The number of fused-ring (bicyclic) bond motifs is 1. The normalized spacial score (nSPS) is 19.8. The van der Waals surface area contributed by atoms with Gasteiger partial charge in [-0.1, -0.05) is 34.1 Å². The second-order valence-electron chi connectivity index (χ2n) is 3.11. The lowest BCUT2D eigenvalue weighted by Gasteiger charge is -2.04. The van der Waals surface area contributed by atoms with Crippen molar-refractivity contribution in [2.45, 2.75) is 12.3 Å². The van der Waals surface area contributed by atoms with Gasteiger partial charge < -0.3 is 5.32 Å².